The first kappa shape index (κ1) is 51.6. The van der Waals surface area contributed by atoms with E-state index in [0.29, 0.717) is 30.1 Å². The Bertz CT molecular complexity index is 2920. The van der Waals surface area contributed by atoms with Crippen LogP contribution in [0.25, 0.3) is 5.57 Å². The van der Waals surface area contributed by atoms with Gasteiger partial charge in [0.25, 0.3) is 5.91 Å². The molecule has 396 valence electrons. The van der Waals surface area contributed by atoms with Gasteiger partial charge < -0.3 is 34.4 Å². The lowest BCUT2D eigenvalue weighted by Crippen LogP contribution is -2.56. The van der Waals surface area contributed by atoms with Crippen molar-refractivity contribution in [3.05, 3.63) is 106 Å². The summed E-state index contributed by atoms with van der Waals surface area (Å²) in [7, 11) is 3.97. The highest BCUT2D eigenvalue weighted by molar-refractivity contribution is 6.03. The van der Waals surface area contributed by atoms with Crippen LogP contribution in [0.5, 0.6) is 0 Å². The van der Waals surface area contributed by atoms with Gasteiger partial charge in [-0.05, 0) is 145 Å². The minimum absolute atomic E-state index is 0.118. The van der Waals surface area contributed by atoms with Gasteiger partial charge in [0.1, 0.15) is 29.5 Å². The van der Waals surface area contributed by atoms with Crippen molar-refractivity contribution in [3.63, 3.8) is 0 Å². The predicted molar refractivity (Wildman–Crippen MR) is 292 cm³/mol. The summed E-state index contributed by atoms with van der Waals surface area (Å²) < 4.78 is 12.5. The number of hydrogen-bond donors (Lipinski definition) is 4. The van der Waals surface area contributed by atoms with Crippen molar-refractivity contribution < 1.29 is 38.2 Å². The minimum atomic E-state index is -0.994. The van der Waals surface area contributed by atoms with E-state index in [0.717, 1.165) is 117 Å². The Morgan fingerprint density at radius 1 is 0.920 bits per heavy atom. The molecule has 4 amide bonds. The number of aliphatic hydroxyl groups excluding tert-OH is 1. The van der Waals surface area contributed by atoms with Crippen LogP contribution in [0.4, 0.5) is 27.8 Å². The lowest BCUT2D eigenvalue weighted by molar-refractivity contribution is -0.685. The number of carbonyl (C=O) groups is 4. The van der Waals surface area contributed by atoms with Crippen LogP contribution in [0.2, 0.25) is 0 Å². The van der Waals surface area contributed by atoms with E-state index in [1.54, 1.807) is 9.80 Å². The standard InChI is InChI=1S/C58H73N11O6/c1-36-29-45(44-14-17-51(59-32-44)61-56(73)75-58(4,5)6)46-31-49(63(7)53(46)60-36)38(3)66-25-21-42(22-26-66)41-10-12-43(13-11-41)55(72)67-23-19-39(20-24-67)35-68-28-27-65(33-37(68)2)34-40-9-15-47-50(30-40)64(8)57(74)69(47)48-16-18-52(70)62-54(48)71/h9-15,17,29-32,34-39,42,48,57,60,74H,16,18-28,33H2,1-8H3/p+2/t36?,37?,38-,48?,57?/m0/s1. The van der Waals surface area contributed by atoms with Crippen LogP contribution in [0.1, 0.15) is 130 Å². The highest BCUT2D eigenvalue weighted by Gasteiger charge is 2.42. The summed E-state index contributed by atoms with van der Waals surface area (Å²) in [5.41, 5.74) is 8.64. The van der Waals surface area contributed by atoms with E-state index in [4.69, 9.17) is 4.74 Å². The number of amides is 4. The molecule has 0 spiro atoms. The van der Waals surface area contributed by atoms with E-state index in [9.17, 15) is 24.3 Å². The van der Waals surface area contributed by atoms with Crippen LogP contribution in [0, 0.1) is 5.92 Å². The number of piperidine rings is 3. The fraction of sp³-hybridized carbons (Fsp3) is 0.500. The number of aromatic nitrogens is 2. The molecule has 2 aromatic heterocycles. The lowest BCUT2D eigenvalue weighted by Gasteiger charge is -2.36. The molecule has 17 heteroatoms. The van der Waals surface area contributed by atoms with E-state index in [1.807, 2.05) is 75.3 Å². The topological polar surface area (TPSA) is 171 Å². The molecule has 0 radical (unpaired) electrons. The first-order valence-electron chi connectivity index (χ1n) is 27.0. The SMILES string of the molecule is CC1C=C(c2ccc(NC(=O)OC(C)(C)C)nc2)c2cc([C@H](C)N3CCC(c4ccc(C(=O)N5CCC(C=[N+]6CC[N+](=Cc7ccc8c(c7)N(C)C(O)N8C7CCC(=O)NC7=O)CC6C)CC5)cc4)CC3)n(C)c2N1. The lowest BCUT2D eigenvalue weighted by atomic mass is 9.88. The van der Waals surface area contributed by atoms with Crippen molar-refractivity contribution in [1.29, 1.82) is 0 Å². The van der Waals surface area contributed by atoms with Crippen molar-refractivity contribution in [3.8, 4) is 0 Å². The molecular formula is C58H75N11O6+2. The number of ether oxygens (including phenoxy) is 1. The number of hydrogen-bond acceptors (Lipinski definition) is 11. The molecule has 6 aliphatic heterocycles. The van der Waals surface area contributed by atoms with Gasteiger partial charge in [-0.15, -0.1) is 0 Å². The molecule has 4 N–H and O–H groups in total. The number of carbonyl (C=O) groups excluding carboxylic acids is 4. The zero-order valence-electron chi connectivity index (χ0n) is 44.9. The highest BCUT2D eigenvalue weighted by Crippen LogP contribution is 2.42. The summed E-state index contributed by atoms with van der Waals surface area (Å²) in [6, 6.07) is 20.7. The second kappa shape index (κ2) is 21.0. The van der Waals surface area contributed by atoms with Gasteiger partial charge in [-0.3, -0.25) is 29.9 Å². The maximum absolute atomic E-state index is 13.8. The Morgan fingerprint density at radius 2 is 1.67 bits per heavy atom. The van der Waals surface area contributed by atoms with Gasteiger partial charge in [0.15, 0.2) is 6.21 Å². The van der Waals surface area contributed by atoms with Crippen LogP contribution >= 0.6 is 0 Å². The fourth-order valence-electron chi connectivity index (χ4n) is 12.1. The number of imide groups is 1. The summed E-state index contributed by atoms with van der Waals surface area (Å²) in [6.45, 7) is 18.4. The number of pyridine rings is 1. The molecule has 17 nitrogen and oxygen atoms in total. The van der Waals surface area contributed by atoms with Crippen LogP contribution in [0.3, 0.4) is 0 Å². The van der Waals surface area contributed by atoms with Crippen LogP contribution in [-0.4, -0.2) is 153 Å². The van der Waals surface area contributed by atoms with E-state index in [1.165, 1.54) is 11.3 Å². The molecule has 4 saturated heterocycles. The predicted octanol–water partition coefficient (Wildman–Crippen LogP) is 6.76. The summed E-state index contributed by atoms with van der Waals surface area (Å²) in [5, 5.41) is 20.0. The van der Waals surface area contributed by atoms with Crippen LogP contribution in [-0.2, 0) is 21.4 Å². The first-order valence-corrected chi connectivity index (χ1v) is 27.0. The van der Waals surface area contributed by atoms with Gasteiger partial charge in [0.2, 0.25) is 43.8 Å². The van der Waals surface area contributed by atoms with E-state index < -0.39 is 24.1 Å². The van der Waals surface area contributed by atoms with Gasteiger partial charge in [-0.25, -0.2) is 18.9 Å². The Kier molecular flexibility index (Phi) is 14.5. The average molecular weight is 1020 g/mol. The molecule has 6 aliphatic rings. The third kappa shape index (κ3) is 11.0. The van der Waals surface area contributed by atoms with Gasteiger partial charge in [0.05, 0.1) is 11.4 Å². The molecule has 0 saturated carbocycles. The van der Waals surface area contributed by atoms with Crippen molar-refractivity contribution in [2.45, 2.75) is 122 Å². The number of rotatable bonds is 9. The number of fused-ring (bicyclic) bond motifs is 2. The molecule has 4 unspecified atom stereocenters. The van der Waals surface area contributed by atoms with E-state index in [2.05, 4.69) is 110 Å². The van der Waals surface area contributed by atoms with Gasteiger partial charge in [-0.2, -0.15) is 0 Å². The first-order chi connectivity index (χ1) is 35.9. The van der Waals surface area contributed by atoms with Crippen LogP contribution in [0.15, 0.2) is 72.9 Å². The highest BCUT2D eigenvalue weighted by atomic mass is 16.6. The number of piperazine rings is 1. The van der Waals surface area contributed by atoms with Gasteiger partial charge in [-0.1, -0.05) is 18.2 Å². The second-order valence-electron chi connectivity index (χ2n) is 22.6. The van der Waals surface area contributed by atoms with Crippen molar-refractivity contribution in [2.75, 3.05) is 73.3 Å². The molecule has 8 heterocycles. The number of nitrogens with zero attached hydrogens (tertiary/aromatic N) is 8. The number of aliphatic hydroxyl groups is 1. The smallest absolute Gasteiger partial charge is 0.413 e. The molecule has 5 atom stereocenters. The quantitative estimate of drug-likeness (QED) is 0.103. The molecule has 4 aromatic rings. The Balaban J connectivity index is 0.690. The molecule has 10 rings (SSSR count). The monoisotopic (exact) mass is 1020 g/mol. The third-order valence-corrected chi connectivity index (χ3v) is 16.2. The second-order valence-corrected chi connectivity index (χ2v) is 22.6. The zero-order chi connectivity index (χ0) is 52.9. The zero-order valence-corrected chi connectivity index (χ0v) is 44.9. The van der Waals surface area contributed by atoms with Crippen LogP contribution < -0.4 is 25.8 Å². The average Bonchev–Trinajstić information content (AvgIpc) is 3.84. The number of anilines is 4. The van der Waals surface area contributed by atoms with Gasteiger partial charge >= 0.3 is 6.09 Å². The summed E-state index contributed by atoms with van der Waals surface area (Å²) in [4.78, 5) is 63.3. The summed E-state index contributed by atoms with van der Waals surface area (Å²) in [6.07, 6.45) is 11.8. The maximum Gasteiger partial charge on any atom is 0.413 e. The van der Waals surface area contributed by atoms with E-state index in [-0.39, 0.29) is 36.2 Å². The summed E-state index contributed by atoms with van der Waals surface area (Å²) in [5.74, 6) is 1.88. The normalized spacial score (nSPS) is 24.4. The van der Waals surface area contributed by atoms with Crippen molar-refractivity contribution in [2.24, 2.45) is 13.0 Å². The molecule has 4 fully saturated rings. The fourth-order valence-corrected chi connectivity index (χ4v) is 12.1. The maximum atomic E-state index is 13.8. The molecule has 75 heavy (non-hydrogen) atoms. The largest absolute Gasteiger partial charge is 0.444 e. The number of benzene rings is 2. The molecule has 0 bridgehead atoms. The molecular weight excluding hydrogens is 947 g/mol. The Hall–Kier alpha value is -6.85. The minimum Gasteiger partial charge on any atom is -0.444 e. The Morgan fingerprint density at radius 3 is 2.35 bits per heavy atom. The molecule has 0 aliphatic carbocycles. The van der Waals surface area contributed by atoms with Crippen molar-refractivity contribution >= 4 is 64.8 Å². The number of nitrogens with one attached hydrogen (secondary N) is 3. The van der Waals surface area contributed by atoms with Crippen molar-refractivity contribution in [1.82, 2.24) is 24.7 Å². The van der Waals surface area contributed by atoms with Gasteiger partial charge in [0, 0.05) is 92.7 Å². The summed E-state index contributed by atoms with van der Waals surface area (Å²) >= 11 is 0. The third-order valence-electron chi connectivity index (χ3n) is 16.2. The molecule has 2 aromatic carbocycles. The number of likely N-dealkylation sites (tertiary alicyclic amines) is 2. The van der Waals surface area contributed by atoms with E-state index >= 15 is 0 Å². The Labute approximate surface area is 440 Å².